The van der Waals surface area contributed by atoms with Gasteiger partial charge in [-0.05, 0) is 79.5 Å². The summed E-state index contributed by atoms with van der Waals surface area (Å²) in [6, 6.07) is 3.96. The fourth-order valence-electron chi connectivity index (χ4n) is 4.09. The van der Waals surface area contributed by atoms with Crippen molar-refractivity contribution in [3.63, 3.8) is 0 Å². The highest BCUT2D eigenvalue weighted by Crippen LogP contribution is 2.39. The molecule has 0 nitrogen and oxygen atoms in total. The summed E-state index contributed by atoms with van der Waals surface area (Å²) in [7, 11) is 0. The Labute approximate surface area is 134 Å². The maximum absolute atomic E-state index is 14.6. The molecule has 1 fully saturated rings. The van der Waals surface area contributed by atoms with E-state index in [1.807, 2.05) is 0 Å². The molecule has 0 aromatic heterocycles. The normalized spacial score (nSPS) is 24.5. The van der Waals surface area contributed by atoms with Crippen LogP contribution in [0.5, 0.6) is 0 Å². The topological polar surface area (TPSA) is 0 Å². The fourth-order valence-corrected chi connectivity index (χ4v) is 4.09. The Morgan fingerprint density at radius 2 is 1.95 bits per heavy atom. The molecule has 3 rings (SSSR count). The van der Waals surface area contributed by atoms with Crippen LogP contribution in [0.2, 0.25) is 0 Å². The van der Waals surface area contributed by atoms with Crippen LogP contribution in [0.15, 0.2) is 30.4 Å². The minimum Gasteiger partial charge on any atom is -0.207 e. The van der Waals surface area contributed by atoms with Gasteiger partial charge in [-0.1, -0.05) is 37.1 Å². The number of hydrogen-bond acceptors (Lipinski definition) is 0. The zero-order valence-corrected chi connectivity index (χ0v) is 13.7. The molecule has 2 aliphatic rings. The molecule has 0 spiro atoms. The molecule has 0 N–H and O–H groups in total. The lowest BCUT2D eigenvalue weighted by molar-refractivity contribution is 0.368. The van der Waals surface area contributed by atoms with E-state index in [-0.39, 0.29) is 5.82 Å². The fraction of sp³-hybridized carbons (Fsp3) is 0.524. The molecule has 1 aromatic carbocycles. The van der Waals surface area contributed by atoms with E-state index in [2.05, 4.69) is 31.7 Å². The molecule has 0 saturated heterocycles. The van der Waals surface area contributed by atoms with Crippen LogP contribution in [0.3, 0.4) is 0 Å². The Morgan fingerprint density at radius 1 is 1.18 bits per heavy atom. The smallest absolute Gasteiger partial charge is 0.127 e. The predicted molar refractivity (Wildman–Crippen MR) is 92.5 cm³/mol. The van der Waals surface area contributed by atoms with Gasteiger partial charge in [-0.25, -0.2) is 4.39 Å². The summed E-state index contributed by atoms with van der Waals surface area (Å²) < 4.78 is 14.6. The van der Waals surface area contributed by atoms with Gasteiger partial charge in [0, 0.05) is 0 Å². The first kappa shape index (κ1) is 15.5. The average Bonchev–Trinajstić information content (AvgIpc) is 2.54. The summed E-state index contributed by atoms with van der Waals surface area (Å²) in [4.78, 5) is 0. The number of allylic oxidation sites excluding steroid dienone is 2. The van der Waals surface area contributed by atoms with Gasteiger partial charge in [0.15, 0.2) is 0 Å². The first-order valence-corrected chi connectivity index (χ1v) is 8.85. The van der Waals surface area contributed by atoms with Crippen LogP contribution in [0, 0.1) is 11.7 Å². The van der Waals surface area contributed by atoms with E-state index in [1.54, 1.807) is 6.07 Å². The second-order valence-electron chi connectivity index (χ2n) is 6.97. The van der Waals surface area contributed by atoms with Gasteiger partial charge in [0.05, 0.1) is 0 Å². The number of benzene rings is 1. The lowest BCUT2D eigenvalue weighted by Gasteiger charge is -2.28. The second kappa shape index (κ2) is 6.81. The Balaban J connectivity index is 1.82. The number of aryl methyl sites for hydroxylation is 1. The zero-order valence-electron chi connectivity index (χ0n) is 13.7. The van der Waals surface area contributed by atoms with Crippen molar-refractivity contribution < 1.29 is 4.39 Å². The molecule has 0 atom stereocenters. The number of halogens is 1. The predicted octanol–water partition coefficient (Wildman–Crippen LogP) is 6.42. The SMILES string of the molecule is C=CC1CCC(c2cc3c(cc2F)C=C(CCC)CC3)CC1. The summed E-state index contributed by atoms with van der Waals surface area (Å²) in [5, 5.41) is 0. The van der Waals surface area contributed by atoms with Crippen molar-refractivity contribution in [1.82, 2.24) is 0 Å². The monoisotopic (exact) mass is 298 g/mol. The van der Waals surface area contributed by atoms with Gasteiger partial charge in [0.2, 0.25) is 0 Å². The van der Waals surface area contributed by atoms with Crippen LogP contribution in [-0.4, -0.2) is 0 Å². The number of fused-ring (bicyclic) bond motifs is 1. The van der Waals surface area contributed by atoms with Crippen molar-refractivity contribution in [2.75, 3.05) is 0 Å². The zero-order chi connectivity index (χ0) is 15.5. The Hall–Kier alpha value is -1.37. The first-order valence-electron chi connectivity index (χ1n) is 8.85. The third-order valence-electron chi connectivity index (χ3n) is 5.45. The maximum atomic E-state index is 14.6. The third kappa shape index (κ3) is 3.19. The Morgan fingerprint density at radius 3 is 2.64 bits per heavy atom. The minimum absolute atomic E-state index is 0.00908. The van der Waals surface area contributed by atoms with E-state index < -0.39 is 0 Å². The first-order chi connectivity index (χ1) is 10.7. The van der Waals surface area contributed by atoms with Gasteiger partial charge >= 0.3 is 0 Å². The molecule has 2 aliphatic carbocycles. The molecular formula is C21H27F. The molecule has 0 aliphatic heterocycles. The average molecular weight is 298 g/mol. The molecular weight excluding hydrogens is 271 g/mol. The molecule has 0 unspecified atom stereocenters. The van der Waals surface area contributed by atoms with E-state index in [9.17, 15) is 4.39 Å². The van der Waals surface area contributed by atoms with Gasteiger partial charge in [0.25, 0.3) is 0 Å². The van der Waals surface area contributed by atoms with Crippen molar-refractivity contribution >= 4 is 6.08 Å². The lowest BCUT2D eigenvalue weighted by atomic mass is 9.77. The van der Waals surface area contributed by atoms with Crippen LogP contribution >= 0.6 is 0 Å². The molecule has 1 saturated carbocycles. The number of hydrogen-bond donors (Lipinski definition) is 0. The molecule has 0 amide bonds. The largest absolute Gasteiger partial charge is 0.207 e. The Bertz CT molecular complexity index is 574. The van der Waals surface area contributed by atoms with Crippen molar-refractivity contribution in [3.05, 3.63) is 52.9 Å². The summed E-state index contributed by atoms with van der Waals surface area (Å²) in [5.41, 5.74) is 4.92. The van der Waals surface area contributed by atoms with Crippen LogP contribution in [0.1, 0.15) is 74.5 Å². The highest BCUT2D eigenvalue weighted by Gasteiger charge is 2.24. The molecule has 1 aromatic rings. The highest BCUT2D eigenvalue weighted by atomic mass is 19.1. The van der Waals surface area contributed by atoms with Crippen LogP contribution in [0.4, 0.5) is 4.39 Å². The van der Waals surface area contributed by atoms with Gasteiger partial charge in [-0.3, -0.25) is 0 Å². The highest BCUT2D eigenvalue weighted by molar-refractivity contribution is 5.60. The van der Waals surface area contributed by atoms with Crippen molar-refractivity contribution in [2.24, 2.45) is 5.92 Å². The second-order valence-corrected chi connectivity index (χ2v) is 6.97. The van der Waals surface area contributed by atoms with E-state index in [0.29, 0.717) is 11.8 Å². The van der Waals surface area contributed by atoms with Crippen LogP contribution < -0.4 is 0 Å². The van der Waals surface area contributed by atoms with Crippen molar-refractivity contribution in [2.45, 2.75) is 64.2 Å². The summed E-state index contributed by atoms with van der Waals surface area (Å²) >= 11 is 0. The molecule has 22 heavy (non-hydrogen) atoms. The van der Waals surface area contributed by atoms with Crippen LogP contribution in [-0.2, 0) is 6.42 Å². The summed E-state index contributed by atoms with van der Waals surface area (Å²) in [6.45, 7) is 6.11. The quantitative estimate of drug-likeness (QED) is 0.563. The van der Waals surface area contributed by atoms with Gasteiger partial charge < -0.3 is 0 Å². The molecule has 0 bridgehead atoms. The standard InChI is InChI=1S/C21H27F/c1-3-5-16-8-11-18-13-20(21(22)14-19(18)12-16)17-9-6-15(4-2)7-10-17/h4,12-15,17H,2-3,5-11H2,1H3. The maximum Gasteiger partial charge on any atom is 0.127 e. The van der Waals surface area contributed by atoms with E-state index in [0.717, 1.165) is 56.1 Å². The van der Waals surface area contributed by atoms with Crippen molar-refractivity contribution in [1.29, 1.82) is 0 Å². The molecule has 0 radical (unpaired) electrons. The molecule has 118 valence electrons. The summed E-state index contributed by atoms with van der Waals surface area (Å²) in [5.74, 6) is 1.05. The van der Waals surface area contributed by atoms with Crippen LogP contribution in [0.25, 0.3) is 6.08 Å². The van der Waals surface area contributed by atoms with Gasteiger partial charge in [-0.2, -0.15) is 0 Å². The lowest BCUT2D eigenvalue weighted by Crippen LogP contribution is -2.14. The third-order valence-corrected chi connectivity index (χ3v) is 5.45. The van der Waals surface area contributed by atoms with Crippen molar-refractivity contribution in [3.8, 4) is 0 Å². The summed E-state index contributed by atoms with van der Waals surface area (Å²) in [6.07, 6.45) is 13.4. The van der Waals surface area contributed by atoms with Gasteiger partial charge in [0.1, 0.15) is 5.82 Å². The Kier molecular flexibility index (Phi) is 4.81. The molecule has 1 heteroatoms. The van der Waals surface area contributed by atoms with E-state index in [4.69, 9.17) is 0 Å². The van der Waals surface area contributed by atoms with E-state index in [1.165, 1.54) is 17.6 Å². The van der Waals surface area contributed by atoms with Gasteiger partial charge in [-0.15, -0.1) is 6.58 Å². The van der Waals surface area contributed by atoms with E-state index >= 15 is 0 Å². The minimum atomic E-state index is 0.00908. The molecule has 0 heterocycles. The number of rotatable bonds is 4.